The van der Waals surface area contributed by atoms with Crippen molar-refractivity contribution in [2.45, 2.75) is 19.3 Å². The average Bonchev–Trinajstić information content (AvgIpc) is 3.35. The summed E-state index contributed by atoms with van der Waals surface area (Å²) >= 11 is 0. The third-order valence-corrected chi connectivity index (χ3v) is 6.60. The molecule has 11 heteroatoms. The maximum atomic E-state index is 13.8. The van der Waals surface area contributed by atoms with E-state index in [0.717, 1.165) is 30.3 Å². The Morgan fingerprint density at radius 3 is 2.07 bits per heavy atom. The van der Waals surface area contributed by atoms with E-state index in [9.17, 15) is 31.5 Å². The summed E-state index contributed by atoms with van der Waals surface area (Å²) < 4.78 is 68.4. The Labute approximate surface area is 236 Å². The number of carboxylic acids is 1. The Kier molecular flexibility index (Phi) is 7.66. The minimum atomic E-state index is -4.48. The molecule has 0 fully saturated rings. The number of carbonyl (C=O) groups is 2. The van der Waals surface area contributed by atoms with E-state index in [2.05, 4.69) is 10.6 Å². The summed E-state index contributed by atoms with van der Waals surface area (Å²) in [5.74, 6) is -3.09. The molecule has 0 atom stereocenters. The van der Waals surface area contributed by atoms with Gasteiger partial charge in [0, 0.05) is 42.1 Å². The summed E-state index contributed by atoms with van der Waals surface area (Å²) in [7, 11) is 0. The van der Waals surface area contributed by atoms with Crippen LogP contribution in [0.4, 0.5) is 33.3 Å². The molecular formula is C31H22F5N3O3. The quantitative estimate of drug-likeness (QED) is 0.168. The number of carboxylic acid groups (broad SMARTS) is 1. The number of hydrogen-bond acceptors (Lipinski definition) is 3. The monoisotopic (exact) mass is 579 g/mol. The predicted molar refractivity (Wildman–Crippen MR) is 147 cm³/mol. The van der Waals surface area contributed by atoms with Crippen molar-refractivity contribution in [3.63, 3.8) is 0 Å². The van der Waals surface area contributed by atoms with Crippen LogP contribution in [-0.2, 0) is 19.3 Å². The van der Waals surface area contributed by atoms with E-state index in [1.54, 1.807) is 35.0 Å². The third-order valence-electron chi connectivity index (χ3n) is 6.60. The molecule has 5 rings (SSSR count). The Morgan fingerprint density at radius 2 is 1.45 bits per heavy atom. The first-order valence-electron chi connectivity index (χ1n) is 12.6. The lowest BCUT2D eigenvalue weighted by molar-refractivity contribution is -0.137. The molecule has 0 bridgehead atoms. The Hall–Kier alpha value is -5.19. The lowest BCUT2D eigenvalue weighted by atomic mass is 10.1. The van der Waals surface area contributed by atoms with Crippen LogP contribution in [0, 0.1) is 11.6 Å². The second-order valence-electron chi connectivity index (χ2n) is 9.53. The number of nitrogens with zero attached hydrogens (tertiary/aromatic N) is 1. The number of halogens is 5. The molecule has 1 aromatic heterocycles. The Balaban J connectivity index is 1.49. The van der Waals surface area contributed by atoms with E-state index in [-0.39, 0.29) is 29.9 Å². The number of amides is 1. The van der Waals surface area contributed by atoms with Crippen molar-refractivity contribution in [2.75, 3.05) is 5.32 Å². The molecule has 0 radical (unpaired) electrons. The molecule has 214 valence electrons. The van der Waals surface area contributed by atoms with Gasteiger partial charge in [0.15, 0.2) is 0 Å². The number of nitrogens with one attached hydrogen (secondary N) is 2. The Morgan fingerprint density at radius 1 is 0.810 bits per heavy atom. The molecule has 0 aliphatic carbocycles. The highest BCUT2D eigenvalue weighted by molar-refractivity contribution is 6.09. The van der Waals surface area contributed by atoms with Crippen LogP contribution in [0.25, 0.3) is 10.9 Å². The van der Waals surface area contributed by atoms with E-state index >= 15 is 0 Å². The van der Waals surface area contributed by atoms with Crippen LogP contribution >= 0.6 is 0 Å². The molecule has 5 aromatic rings. The predicted octanol–water partition coefficient (Wildman–Crippen LogP) is 7.36. The van der Waals surface area contributed by atoms with Crippen molar-refractivity contribution in [1.29, 1.82) is 0 Å². The fourth-order valence-electron chi connectivity index (χ4n) is 4.57. The van der Waals surface area contributed by atoms with Crippen molar-refractivity contribution in [3.05, 3.63) is 131 Å². The van der Waals surface area contributed by atoms with Crippen molar-refractivity contribution in [3.8, 4) is 0 Å². The van der Waals surface area contributed by atoms with Crippen molar-refractivity contribution < 1.29 is 36.6 Å². The van der Waals surface area contributed by atoms with E-state index in [4.69, 9.17) is 5.11 Å². The highest BCUT2D eigenvalue weighted by atomic mass is 19.4. The van der Waals surface area contributed by atoms with Gasteiger partial charge in [-0.1, -0.05) is 24.3 Å². The first-order valence-corrected chi connectivity index (χ1v) is 12.6. The van der Waals surface area contributed by atoms with Gasteiger partial charge in [-0.15, -0.1) is 0 Å². The number of benzene rings is 4. The third kappa shape index (κ3) is 6.25. The fraction of sp³-hybridized carbons (Fsp3) is 0.0968. The standard InChI is InChI=1S/C31H22F5N3O3/c32-22-13-23(33)15-24(14-22)38-27-10-9-26(29(40)37-16-18-1-5-20(6-2-18)30(41)42)28-25(27)11-12-39(28)17-19-3-7-21(8-4-19)31(34,35)36/h1-15,38H,16-17H2,(H,37,40)(H,41,42). The number of carbonyl (C=O) groups excluding carboxylic acids is 1. The van der Waals surface area contributed by atoms with Crippen LogP contribution in [0.3, 0.4) is 0 Å². The van der Waals surface area contributed by atoms with Crippen LogP contribution in [0.15, 0.2) is 91.1 Å². The molecule has 3 N–H and O–H groups in total. The molecular weight excluding hydrogens is 557 g/mol. The molecule has 0 saturated carbocycles. The number of anilines is 2. The van der Waals surface area contributed by atoms with Gasteiger partial charge in [0.2, 0.25) is 0 Å². The van der Waals surface area contributed by atoms with E-state index in [0.29, 0.717) is 27.7 Å². The molecule has 4 aromatic carbocycles. The zero-order valence-corrected chi connectivity index (χ0v) is 21.7. The number of rotatable bonds is 8. The lowest BCUT2D eigenvalue weighted by Crippen LogP contribution is -2.23. The number of aromatic nitrogens is 1. The highest BCUT2D eigenvalue weighted by Gasteiger charge is 2.30. The first-order chi connectivity index (χ1) is 20.0. The summed E-state index contributed by atoms with van der Waals surface area (Å²) in [6.45, 7) is 0.235. The number of alkyl halides is 3. The fourth-order valence-corrected chi connectivity index (χ4v) is 4.57. The average molecular weight is 580 g/mol. The maximum absolute atomic E-state index is 13.8. The van der Waals surface area contributed by atoms with E-state index in [1.165, 1.54) is 30.3 Å². The zero-order chi connectivity index (χ0) is 30.0. The minimum Gasteiger partial charge on any atom is -0.478 e. The summed E-state index contributed by atoms with van der Waals surface area (Å²) in [6.07, 6.45) is -2.81. The molecule has 0 aliphatic heterocycles. The minimum absolute atomic E-state index is 0.0996. The molecule has 42 heavy (non-hydrogen) atoms. The summed E-state index contributed by atoms with van der Waals surface area (Å²) in [5.41, 5.74) is 1.82. The van der Waals surface area contributed by atoms with Crippen molar-refractivity contribution in [1.82, 2.24) is 9.88 Å². The summed E-state index contributed by atoms with van der Waals surface area (Å²) in [4.78, 5) is 24.5. The normalized spacial score (nSPS) is 11.5. The molecule has 1 amide bonds. The molecule has 0 saturated heterocycles. The van der Waals surface area contributed by atoms with Crippen LogP contribution in [0.5, 0.6) is 0 Å². The van der Waals surface area contributed by atoms with Crippen molar-refractivity contribution >= 4 is 34.2 Å². The van der Waals surface area contributed by atoms with Crippen LogP contribution in [0.1, 0.15) is 37.4 Å². The summed E-state index contributed by atoms with van der Waals surface area (Å²) in [6, 6.07) is 18.5. The second kappa shape index (κ2) is 11.4. The van der Waals surface area contributed by atoms with Crippen LogP contribution < -0.4 is 10.6 Å². The maximum Gasteiger partial charge on any atom is 0.416 e. The van der Waals surface area contributed by atoms with E-state index < -0.39 is 35.3 Å². The highest BCUT2D eigenvalue weighted by Crippen LogP contribution is 2.33. The van der Waals surface area contributed by atoms with Gasteiger partial charge in [0.05, 0.1) is 22.2 Å². The summed E-state index contributed by atoms with van der Waals surface area (Å²) in [5, 5.41) is 15.4. The topological polar surface area (TPSA) is 83.4 Å². The first kappa shape index (κ1) is 28.3. The SMILES string of the molecule is O=C(O)c1ccc(CNC(=O)c2ccc(Nc3cc(F)cc(F)c3)c3ccn(Cc4ccc(C(F)(F)F)cc4)c23)cc1. The Bertz CT molecular complexity index is 1760. The number of fused-ring (bicyclic) bond motifs is 1. The van der Waals surface area contributed by atoms with Gasteiger partial charge < -0.3 is 20.3 Å². The largest absolute Gasteiger partial charge is 0.478 e. The number of hydrogen-bond donors (Lipinski definition) is 3. The van der Waals surface area contributed by atoms with Crippen molar-refractivity contribution in [2.24, 2.45) is 0 Å². The molecule has 0 aliphatic rings. The molecule has 0 spiro atoms. The van der Waals surface area contributed by atoms with Gasteiger partial charge in [0.1, 0.15) is 11.6 Å². The van der Waals surface area contributed by atoms with Crippen LogP contribution in [-0.4, -0.2) is 21.6 Å². The molecule has 0 unspecified atom stereocenters. The smallest absolute Gasteiger partial charge is 0.416 e. The molecule has 6 nitrogen and oxygen atoms in total. The van der Waals surface area contributed by atoms with Gasteiger partial charge in [-0.3, -0.25) is 4.79 Å². The van der Waals surface area contributed by atoms with Gasteiger partial charge in [-0.25, -0.2) is 13.6 Å². The van der Waals surface area contributed by atoms with Gasteiger partial charge in [-0.2, -0.15) is 13.2 Å². The van der Waals surface area contributed by atoms with Gasteiger partial charge in [0.25, 0.3) is 5.91 Å². The van der Waals surface area contributed by atoms with E-state index in [1.807, 2.05) is 0 Å². The molecule has 1 heterocycles. The second-order valence-corrected chi connectivity index (χ2v) is 9.53. The van der Waals surface area contributed by atoms with Gasteiger partial charge >= 0.3 is 12.1 Å². The van der Waals surface area contributed by atoms with Crippen LogP contribution in [0.2, 0.25) is 0 Å². The van der Waals surface area contributed by atoms with Gasteiger partial charge in [-0.05, 0) is 65.7 Å². The lowest BCUT2D eigenvalue weighted by Gasteiger charge is -2.15. The number of aromatic carboxylic acids is 1. The zero-order valence-electron chi connectivity index (χ0n) is 21.7.